The normalized spacial score (nSPS) is 10.9. The van der Waals surface area contributed by atoms with Gasteiger partial charge in [0.15, 0.2) is 0 Å². The van der Waals surface area contributed by atoms with E-state index in [2.05, 4.69) is 11.5 Å². The molecular formula is C22H23ClN2O. The number of amides is 1. The van der Waals surface area contributed by atoms with E-state index < -0.39 is 0 Å². The molecule has 0 aliphatic heterocycles. The van der Waals surface area contributed by atoms with Crippen molar-refractivity contribution >= 4 is 17.5 Å². The Labute approximate surface area is 159 Å². The number of nitrogens with zero attached hydrogens (tertiary/aromatic N) is 1. The lowest BCUT2D eigenvalue weighted by Gasteiger charge is -2.13. The molecule has 2 aromatic carbocycles. The number of hydrogen-bond donors (Lipinski definition) is 1. The van der Waals surface area contributed by atoms with Gasteiger partial charge in [0.05, 0.1) is 5.56 Å². The minimum absolute atomic E-state index is 0.386. The maximum Gasteiger partial charge on any atom is 0.251 e. The van der Waals surface area contributed by atoms with E-state index in [-0.39, 0.29) is 5.91 Å². The topological polar surface area (TPSA) is 48.0 Å². The fraction of sp³-hybridized carbons (Fsp3) is 0.227. The van der Waals surface area contributed by atoms with Crippen molar-refractivity contribution in [3.8, 4) is 11.1 Å². The summed E-state index contributed by atoms with van der Waals surface area (Å²) < 4.78 is 2.21. The van der Waals surface area contributed by atoms with Crippen LogP contribution in [0.1, 0.15) is 40.7 Å². The average Bonchev–Trinajstić information content (AvgIpc) is 2.89. The zero-order chi connectivity index (χ0) is 18.7. The molecule has 3 aromatic rings. The lowest BCUT2D eigenvalue weighted by Crippen LogP contribution is -2.13. The molecule has 2 N–H and O–H groups in total. The second kappa shape index (κ2) is 7.79. The maximum atomic E-state index is 12.3. The Hall–Kier alpha value is -2.52. The van der Waals surface area contributed by atoms with Gasteiger partial charge in [0.2, 0.25) is 0 Å². The summed E-state index contributed by atoms with van der Waals surface area (Å²) in [5, 5.41) is 0.711. The molecule has 1 heterocycles. The zero-order valence-corrected chi connectivity index (χ0v) is 15.9. The quantitative estimate of drug-likeness (QED) is 0.639. The average molecular weight is 367 g/mol. The Kier molecular flexibility index (Phi) is 5.48. The molecule has 0 atom stereocenters. The van der Waals surface area contributed by atoms with Crippen LogP contribution < -0.4 is 5.73 Å². The van der Waals surface area contributed by atoms with Crippen LogP contribution in [0.5, 0.6) is 0 Å². The smallest absolute Gasteiger partial charge is 0.251 e. The van der Waals surface area contributed by atoms with E-state index in [4.69, 9.17) is 17.3 Å². The van der Waals surface area contributed by atoms with E-state index in [0.717, 1.165) is 40.9 Å². The van der Waals surface area contributed by atoms with Crippen molar-refractivity contribution in [2.24, 2.45) is 5.73 Å². The molecule has 4 heteroatoms. The van der Waals surface area contributed by atoms with Gasteiger partial charge in [-0.05, 0) is 36.6 Å². The Morgan fingerprint density at radius 2 is 1.85 bits per heavy atom. The summed E-state index contributed by atoms with van der Waals surface area (Å²) in [4.78, 5) is 12.3. The van der Waals surface area contributed by atoms with Crippen LogP contribution in [0.4, 0.5) is 0 Å². The third-order valence-electron chi connectivity index (χ3n) is 4.66. The summed E-state index contributed by atoms with van der Waals surface area (Å²) in [6.45, 7) is 4.77. The monoisotopic (exact) mass is 366 g/mol. The molecule has 134 valence electrons. The number of halogens is 1. The number of carbonyl (C=O) groups excluding carboxylic acids is 1. The summed E-state index contributed by atoms with van der Waals surface area (Å²) in [6.07, 6.45) is 1.86. The number of benzene rings is 2. The second-order valence-corrected chi connectivity index (χ2v) is 6.91. The molecule has 3 rings (SSSR count). The van der Waals surface area contributed by atoms with Gasteiger partial charge in [-0.15, -0.1) is 0 Å². The van der Waals surface area contributed by atoms with E-state index >= 15 is 0 Å². The van der Waals surface area contributed by atoms with Gasteiger partial charge < -0.3 is 10.3 Å². The molecule has 1 amide bonds. The number of hydrogen-bond acceptors (Lipinski definition) is 1. The molecule has 0 spiro atoms. The summed E-state index contributed by atoms with van der Waals surface area (Å²) in [5.41, 5.74) is 11.5. The van der Waals surface area contributed by atoms with Crippen LogP contribution in [0.2, 0.25) is 5.02 Å². The Morgan fingerprint density at radius 3 is 2.46 bits per heavy atom. The van der Waals surface area contributed by atoms with Crippen LogP contribution in [0.15, 0.2) is 54.6 Å². The minimum Gasteiger partial charge on any atom is -0.366 e. The third kappa shape index (κ3) is 3.54. The fourth-order valence-electron chi connectivity index (χ4n) is 3.54. The van der Waals surface area contributed by atoms with Gasteiger partial charge in [0.1, 0.15) is 0 Å². The summed E-state index contributed by atoms with van der Waals surface area (Å²) >= 11 is 6.15. The van der Waals surface area contributed by atoms with Gasteiger partial charge in [-0.25, -0.2) is 0 Å². The first-order valence-corrected chi connectivity index (χ1v) is 9.22. The molecule has 0 aliphatic rings. The van der Waals surface area contributed by atoms with Crippen molar-refractivity contribution in [2.75, 3.05) is 0 Å². The number of nitrogens with two attached hydrogens (primary N) is 1. The van der Waals surface area contributed by atoms with Crippen LogP contribution in [-0.4, -0.2) is 10.5 Å². The summed E-state index contributed by atoms with van der Waals surface area (Å²) in [6, 6.07) is 17.8. The highest BCUT2D eigenvalue weighted by atomic mass is 35.5. The molecule has 0 fully saturated rings. The predicted octanol–water partition coefficient (Wildman–Crippen LogP) is 5.22. The van der Waals surface area contributed by atoms with Gasteiger partial charge in [0, 0.05) is 28.5 Å². The first kappa shape index (κ1) is 18.3. The maximum absolute atomic E-state index is 12.3. The van der Waals surface area contributed by atoms with Gasteiger partial charge in [0.25, 0.3) is 5.91 Å². The highest BCUT2D eigenvalue weighted by Crippen LogP contribution is 2.34. The third-order valence-corrected chi connectivity index (χ3v) is 4.89. The molecule has 0 bridgehead atoms. The van der Waals surface area contributed by atoms with Crippen LogP contribution in [0, 0.1) is 6.92 Å². The Bertz CT molecular complexity index is 929. The number of carbonyl (C=O) groups is 1. The Balaban J connectivity index is 2.22. The number of aromatic nitrogens is 1. The SMILES string of the molecule is CCCc1c(-c2ccccc2)c(C(N)=O)c(C)n1Cc1cccc(Cl)c1. The largest absolute Gasteiger partial charge is 0.366 e. The predicted molar refractivity (Wildman–Crippen MR) is 108 cm³/mol. The van der Waals surface area contributed by atoms with Crippen molar-refractivity contribution in [1.29, 1.82) is 0 Å². The highest BCUT2D eigenvalue weighted by Gasteiger charge is 2.24. The van der Waals surface area contributed by atoms with Crippen molar-refractivity contribution in [3.63, 3.8) is 0 Å². The van der Waals surface area contributed by atoms with E-state index in [1.807, 2.05) is 61.5 Å². The second-order valence-electron chi connectivity index (χ2n) is 6.48. The molecular weight excluding hydrogens is 344 g/mol. The number of primary amides is 1. The lowest BCUT2D eigenvalue weighted by molar-refractivity contribution is 0.1000. The molecule has 1 aromatic heterocycles. The van der Waals surface area contributed by atoms with Crippen molar-refractivity contribution < 1.29 is 4.79 Å². The van der Waals surface area contributed by atoms with Crippen LogP contribution in [0.3, 0.4) is 0 Å². The van der Waals surface area contributed by atoms with Crippen molar-refractivity contribution in [3.05, 3.63) is 82.1 Å². The zero-order valence-electron chi connectivity index (χ0n) is 15.1. The highest BCUT2D eigenvalue weighted by molar-refractivity contribution is 6.30. The van der Waals surface area contributed by atoms with E-state index in [9.17, 15) is 4.79 Å². The van der Waals surface area contributed by atoms with Gasteiger partial charge in [-0.2, -0.15) is 0 Å². The summed E-state index contributed by atoms with van der Waals surface area (Å²) in [7, 11) is 0. The molecule has 0 unspecified atom stereocenters. The van der Waals surface area contributed by atoms with E-state index in [1.165, 1.54) is 0 Å². The minimum atomic E-state index is -0.386. The Morgan fingerprint density at radius 1 is 1.12 bits per heavy atom. The van der Waals surface area contributed by atoms with E-state index in [1.54, 1.807) is 0 Å². The van der Waals surface area contributed by atoms with Crippen molar-refractivity contribution in [1.82, 2.24) is 4.57 Å². The molecule has 0 saturated heterocycles. The molecule has 3 nitrogen and oxygen atoms in total. The number of rotatable bonds is 6. The first-order chi connectivity index (χ1) is 12.5. The fourth-order valence-corrected chi connectivity index (χ4v) is 3.76. The molecule has 0 radical (unpaired) electrons. The van der Waals surface area contributed by atoms with Gasteiger partial charge >= 0.3 is 0 Å². The van der Waals surface area contributed by atoms with Gasteiger partial charge in [-0.3, -0.25) is 4.79 Å². The molecule has 0 aliphatic carbocycles. The first-order valence-electron chi connectivity index (χ1n) is 8.84. The molecule has 0 saturated carbocycles. The molecule has 26 heavy (non-hydrogen) atoms. The standard InChI is InChI=1S/C22H23ClN2O/c1-3-8-19-21(17-10-5-4-6-11-17)20(22(24)26)15(2)25(19)14-16-9-7-12-18(23)13-16/h4-7,9-13H,3,8,14H2,1-2H3,(H2,24,26). The van der Waals surface area contributed by atoms with Crippen LogP contribution in [0.25, 0.3) is 11.1 Å². The summed E-state index contributed by atoms with van der Waals surface area (Å²) in [5.74, 6) is -0.386. The van der Waals surface area contributed by atoms with Gasteiger partial charge in [-0.1, -0.05) is 67.4 Å². The lowest BCUT2D eigenvalue weighted by atomic mass is 9.98. The van der Waals surface area contributed by atoms with Crippen LogP contribution >= 0.6 is 11.6 Å². The van der Waals surface area contributed by atoms with Crippen molar-refractivity contribution in [2.45, 2.75) is 33.2 Å². The van der Waals surface area contributed by atoms with E-state index in [0.29, 0.717) is 17.1 Å². The van der Waals surface area contributed by atoms with Crippen LogP contribution in [-0.2, 0) is 13.0 Å².